The smallest absolute Gasteiger partial charge is 0.307 e. The van der Waals surface area contributed by atoms with E-state index in [1.165, 1.54) is 7.11 Å². The summed E-state index contributed by atoms with van der Waals surface area (Å²) in [6.45, 7) is 0. The van der Waals surface area contributed by atoms with Gasteiger partial charge in [0.2, 0.25) is 0 Å². The first-order valence-electron chi connectivity index (χ1n) is 4.10. The van der Waals surface area contributed by atoms with Crippen LogP contribution in [0.15, 0.2) is 24.3 Å². The number of methoxy groups -OCH3 is 1. The molecule has 0 spiro atoms. The maximum Gasteiger partial charge on any atom is 0.307 e. The zero-order chi connectivity index (χ0) is 10.6. The summed E-state index contributed by atoms with van der Waals surface area (Å²) in [5.41, 5.74) is 0.862. The average Bonchev–Trinajstić information content (AvgIpc) is 2.18. The first-order chi connectivity index (χ1) is 6.63. The zero-order valence-corrected chi connectivity index (χ0v) is 9.18. The van der Waals surface area contributed by atoms with Crippen molar-refractivity contribution in [1.82, 2.24) is 0 Å². The number of esters is 1. The molecule has 0 radical (unpaired) electrons. The number of ether oxygens (including phenoxy) is 1. The quantitative estimate of drug-likeness (QED) is 0.592. The molecule has 0 saturated carbocycles. The van der Waals surface area contributed by atoms with E-state index in [4.69, 9.17) is 23.2 Å². The SMILES string of the molecule is COC(=O)CC(Cl)c1ccc(Cl)cc1. The molecular weight excluding hydrogens is 223 g/mol. The zero-order valence-electron chi connectivity index (χ0n) is 7.67. The fraction of sp³-hybridized carbons (Fsp3) is 0.300. The first kappa shape index (κ1) is 11.3. The highest BCUT2D eigenvalue weighted by molar-refractivity contribution is 6.30. The highest BCUT2D eigenvalue weighted by Crippen LogP contribution is 2.25. The Hall–Kier alpha value is -0.730. The molecule has 1 aromatic rings. The number of carbonyl (C=O) groups excluding carboxylic acids is 1. The number of benzene rings is 1. The van der Waals surface area contributed by atoms with Crippen LogP contribution in [0.5, 0.6) is 0 Å². The van der Waals surface area contributed by atoms with E-state index in [0.29, 0.717) is 5.02 Å². The third kappa shape index (κ3) is 3.20. The van der Waals surface area contributed by atoms with Crippen LogP contribution in [0.2, 0.25) is 5.02 Å². The average molecular weight is 233 g/mol. The standard InChI is InChI=1S/C10H10Cl2O2/c1-14-10(13)6-9(12)7-2-4-8(11)5-3-7/h2-5,9H,6H2,1H3. The van der Waals surface area contributed by atoms with Crippen LogP contribution in [0.3, 0.4) is 0 Å². The third-order valence-corrected chi connectivity index (χ3v) is 2.46. The topological polar surface area (TPSA) is 26.3 Å². The minimum atomic E-state index is -0.361. The van der Waals surface area contributed by atoms with Gasteiger partial charge < -0.3 is 4.74 Å². The van der Waals surface area contributed by atoms with E-state index in [1.807, 2.05) is 0 Å². The summed E-state index contributed by atoms with van der Waals surface area (Å²) in [6, 6.07) is 7.07. The second-order valence-corrected chi connectivity index (χ2v) is 3.76. The van der Waals surface area contributed by atoms with Gasteiger partial charge in [0.25, 0.3) is 0 Å². The molecular formula is C10H10Cl2O2. The van der Waals surface area contributed by atoms with Gasteiger partial charge >= 0.3 is 5.97 Å². The fourth-order valence-corrected chi connectivity index (χ4v) is 1.42. The summed E-state index contributed by atoms with van der Waals surface area (Å²) in [5.74, 6) is -0.319. The van der Waals surface area contributed by atoms with Crippen molar-refractivity contribution in [3.63, 3.8) is 0 Å². The van der Waals surface area contributed by atoms with Gasteiger partial charge in [0.05, 0.1) is 18.9 Å². The van der Waals surface area contributed by atoms with Crippen LogP contribution >= 0.6 is 23.2 Å². The Morgan fingerprint density at radius 1 is 1.43 bits per heavy atom. The number of rotatable bonds is 3. The Balaban J connectivity index is 2.65. The molecule has 1 atom stereocenters. The number of hydrogen-bond acceptors (Lipinski definition) is 2. The molecule has 0 amide bonds. The Labute approximate surface area is 92.8 Å². The maximum atomic E-state index is 10.9. The second kappa shape index (κ2) is 5.23. The lowest BCUT2D eigenvalue weighted by Gasteiger charge is -2.07. The molecule has 1 unspecified atom stereocenters. The Kier molecular flexibility index (Phi) is 4.23. The predicted molar refractivity (Wildman–Crippen MR) is 56.7 cm³/mol. The minimum Gasteiger partial charge on any atom is -0.469 e. The molecule has 14 heavy (non-hydrogen) atoms. The molecule has 0 N–H and O–H groups in total. The van der Waals surface area contributed by atoms with Crippen LogP contribution < -0.4 is 0 Å². The Bertz CT molecular complexity index is 308. The molecule has 0 aliphatic heterocycles. The normalized spacial score (nSPS) is 12.2. The van der Waals surface area contributed by atoms with E-state index in [9.17, 15) is 4.79 Å². The summed E-state index contributed by atoms with van der Waals surface area (Å²) >= 11 is 11.7. The fourth-order valence-electron chi connectivity index (χ4n) is 1.02. The van der Waals surface area contributed by atoms with Crippen LogP contribution in [-0.4, -0.2) is 13.1 Å². The molecule has 0 fully saturated rings. The third-order valence-electron chi connectivity index (χ3n) is 1.81. The molecule has 2 nitrogen and oxygen atoms in total. The monoisotopic (exact) mass is 232 g/mol. The van der Waals surface area contributed by atoms with E-state index in [-0.39, 0.29) is 17.8 Å². The van der Waals surface area contributed by atoms with Crippen molar-refractivity contribution in [2.75, 3.05) is 7.11 Å². The van der Waals surface area contributed by atoms with Gasteiger partial charge in [-0.05, 0) is 17.7 Å². The number of alkyl halides is 1. The molecule has 0 heterocycles. The second-order valence-electron chi connectivity index (χ2n) is 2.80. The van der Waals surface area contributed by atoms with E-state index < -0.39 is 0 Å². The van der Waals surface area contributed by atoms with Gasteiger partial charge in [0.1, 0.15) is 0 Å². The van der Waals surface area contributed by atoms with Crippen LogP contribution in [0.1, 0.15) is 17.4 Å². The summed E-state index contributed by atoms with van der Waals surface area (Å²) < 4.78 is 4.52. The van der Waals surface area contributed by atoms with Crippen molar-refractivity contribution < 1.29 is 9.53 Å². The van der Waals surface area contributed by atoms with Crippen LogP contribution in [0, 0.1) is 0 Å². The molecule has 76 valence electrons. The first-order valence-corrected chi connectivity index (χ1v) is 4.91. The lowest BCUT2D eigenvalue weighted by molar-refractivity contribution is -0.140. The highest BCUT2D eigenvalue weighted by Gasteiger charge is 2.12. The largest absolute Gasteiger partial charge is 0.469 e. The van der Waals surface area contributed by atoms with Crippen molar-refractivity contribution in [3.8, 4) is 0 Å². The highest BCUT2D eigenvalue weighted by atomic mass is 35.5. The molecule has 0 aliphatic carbocycles. The van der Waals surface area contributed by atoms with Gasteiger partial charge in [-0.25, -0.2) is 0 Å². The van der Waals surface area contributed by atoms with E-state index >= 15 is 0 Å². The maximum absolute atomic E-state index is 10.9. The summed E-state index contributed by atoms with van der Waals surface area (Å²) in [5, 5.41) is 0.287. The molecule has 0 bridgehead atoms. The number of hydrogen-bond donors (Lipinski definition) is 0. The number of halogens is 2. The van der Waals surface area contributed by atoms with Gasteiger partial charge in [0, 0.05) is 5.02 Å². The van der Waals surface area contributed by atoms with Crippen LogP contribution in [0.4, 0.5) is 0 Å². The minimum absolute atomic E-state index is 0.166. The van der Waals surface area contributed by atoms with E-state index in [1.54, 1.807) is 24.3 Å². The van der Waals surface area contributed by atoms with Crippen molar-refractivity contribution in [1.29, 1.82) is 0 Å². The number of carbonyl (C=O) groups is 1. The van der Waals surface area contributed by atoms with Gasteiger partial charge in [-0.3, -0.25) is 4.79 Å². The van der Waals surface area contributed by atoms with Crippen LogP contribution in [0.25, 0.3) is 0 Å². The van der Waals surface area contributed by atoms with Gasteiger partial charge in [-0.15, -0.1) is 11.6 Å². The van der Waals surface area contributed by atoms with E-state index in [2.05, 4.69) is 4.74 Å². The van der Waals surface area contributed by atoms with Gasteiger partial charge in [-0.2, -0.15) is 0 Å². The molecule has 1 aromatic carbocycles. The Morgan fingerprint density at radius 3 is 2.50 bits per heavy atom. The van der Waals surface area contributed by atoms with E-state index in [0.717, 1.165) is 5.56 Å². The van der Waals surface area contributed by atoms with Crippen molar-refractivity contribution in [2.24, 2.45) is 0 Å². The summed E-state index contributed by atoms with van der Waals surface area (Å²) in [4.78, 5) is 10.9. The van der Waals surface area contributed by atoms with Gasteiger partial charge in [0.15, 0.2) is 0 Å². The van der Waals surface area contributed by atoms with Crippen molar-refractivity contribution in [2.45, 2.75) is 11.8 Å². The lowest BCUT2D eigenvalue weighted by atomic mass is 10.1. The molecule has 0 saturated heterocycles. The predicted octanol–water partition coefficient (Wildman–Crippen LogP) is 3.18. The molecule has 1 rings (SSSR count). The van der Waals surface area contributed by atoms with Crippen molar-refractivity contribution >= 4 is 29.2 Å². The molecule has 0 aromatic heterocycles. The van der Waals surface area contributed by atoms with Gasteiger partial charge in [-0.1, -0.05) is 23.7 Å². The van der Waals surface area contributed by atoms with Crippen LogP contribution in [-0.2, 0) is 9.53 Å². The summed E-state index contributed by atoms with van der Waals surface area (Å²) in [7, 11) is 1.34. The van der Waals surface area contributed by atoms with Crippen molar-refractivity contribution in [3.05, 3.63) is 34.9 Å². The lowest BCUT2D eigenvalue weighted by Crippen LogP contribution is -2.04. The molecule has 4 heteroatoms. The molecule has 0 aliphatic rings. The summed E-state index contributed by atoms with van der Waals surface area (Å²) in [6.07, 6.45) is 0.166. The Morgan fingerprint density at radius 2 is 2.00 bits per heavy atom.